The molecule has 0 radical (unpaired) electrons. The first-order valence-electron chi connectivity index (χ1n) is 12.0. The molecule has 0 saturated carbocycles. The minimum absolute atomic E-state index is 0.0889. The Bertz CT molecular complexity index is 1720. The van der Waals surface area contributed by atoms with Crippen LogP contribution in [0.2, 0.25) is 0 Å². The molecule has 0 unspecified atom stereocenters. The minimum atomic E-state index is -4.54. The predicted octanol–water partition coefficient (Wildman–Crippen LogP) is 7.03. The molecule has 0 bridgehead atoms. The molecule has 5 aromatic rings. The van der Waals surface area contributed by atoms with Crippen molar-refractivity contribution in [2.24, 2.45) is 0 Å². The van der Waals surface area contributed by atoms with Crippen molar-refractivity contribution in [1.82, 2.24) is 19.9 Å². The van der Waals surface area contributed by atoms with Gasteiger partial charge in [-0.1, -0.05) is 12.1 Å². The van der Waals surface area contributed by atoms with E-state index in [1.807, 2.05) is 45.0 Å². The number of hydrogen-bond acceptors (Lipinski definition) is 6. The second-order valence-corrected chi connectivity index (χ2v) is 9.09. The highest BCUT2D eigenvalue weighted by Crippen LogP contribution is 2.31. The first-order valence-corrected chi connectivity index (χ1v) is 12.0. The number of pyridine rings is 2. The summed E-state index contributed by atoms with van der Waals surface area (Å²) in [6.07, 6.45) is -1.20. The van der Waals surface area contributed by atoms with Crippen LogP contribution in [-0.4, -0.2) is 25.8 Å². The topological polar surface area (TPSA) is 92.7 Å². The SMILES string of the molecule is Cc1ccc(Nc2ncc3cc(-c4cc(NC(=O)c5cccc(C(F)(F)F)c5)ccc4C)ncc3n2)c(C)n1. The van der Waals surface area contributed by atoms with Gasteiger partial charge < -0.3 is 10.6 Å². The normalized spacial score (nSPS) is 11.4. The van der Waals surface area contributed by atoms with Gasteiger partial charge >= 0.3 is 6.18 Å². The van der Waals surface area contributed by atoms with Crippen LogP contribution in [0.1, 0.15) is 32.9 Å². The first kappa shape index (κ1) is 25.8. The second kappa shape index (κ2) is 10.1. The fourth-order valence-electron chi connectivity index (χ4n) is 4.10. The number of carbonyl (C=O) groups is 1. The van der Waals surface area contributed by atoms with Crippen molar-refractivity contribution >= 4 is 34.1 Å². The van der Waals surface area contributed by atoms with E-state index in [0.29, 0.717) is 22.8 Å². The molecular formula is C29H23F3N6O. The quantitative estimate of drug-likeness (QED) is 0.255. The molecule has 0 aliphatic rings. The van der Waals surface area contributed by atoms with Crippen molar-refractivity contribution in [2.75, 3.05) is 10.6 Å². The number of nitrogens with zero attached hydrogens (tertiary/aromatic N) is 4. The molecule has 0 spiro atoms. The Kier molecular flexibility index (Phi) is 6.69. The summed E-state index contributed by atoms with van der Waals surface area (Å²) in [5.74, 6) is -0.226. The highest BCUT2D eigenvalue weighted by atomic mass is 19.4. The van der Waals surface area contributed by atoms with Gasteiger partial charge in [0.2, 0.25) is 5.95 Å². The smallest absolute Gasteiger partial charge is 0.323 e. The molecule has 0 aliphatic heterocycles. The first-order chi connectivity index (χ1) is 18.6. The maximum absolute atomic E-state index is 13.1. The third-order valence-electron chi connectivity index (χ3n) is 6.16. The molecule has 5 rings (SSSR count). The van der Waals surface area contributed by atoms with Gasteiger partial charge in [-0.15, -0.1) is 0 Å². The average Bonchev–Trinajstić information content (AvgIpc) is 2.90. The molecule has 0 aliphatic carbocycles. The van der Waals surface area contributed by atoms with Gasteiger partial charge in [-0.2, -0.15) is 13.2 Å². The van der Waals surface area contributed by atoms with Gasteiger partial charge in [0.05, 0.1) is 34.4 Å². The maximum Gasteiger partial charge on any atom is 0.416 e. The van der Waals surface area contributed by atoms with Crippen LogP contribution in [0.5, 0.6) is 0 Å². The van der Waals surface area contributed by atoms with Crippen LogP contribution < -0.4 is 10.6 Å². The molecule has 39 heavy (non-hydrogen) atoms. The minimum Gasteiger partial charge on any atom is -0.323 e. The largest absolute Gasteiger partial charge is 0.416 e. The van der Waals surface area contributed by atoms with Crippen LogP contribution in [0.3, 0.4) is 0 Å². The fraction of sp³-hybridized carbons (Fsp3) is 0.138. The van der Waals surface area contributed by atoms with Gasteiger partial charge in [0.25, 0.3) is 5.91 Å². The number of carbonyl (C=O) groups excluding carboxylic acids is 1. The number of anilines is 3. The Hall–Kier alpha value is -4.86. The third kappa shape index (κ3) is 5.69. The van der Waals surface area contributed by atoms with Crippen molar-refractivity contribution in [3.8, 4) is 11.3 Å². The molecule has 0 atom stereocenters. The zero-order valence-corrected chi connectivity index (χ0v) is 21.3. The van der Waals surface area contributed by atoms with Gasteiger partial charge in [0.1, 0.15) is 0 Å². The summed E-state index contributed by atoms with van der Waals surface area (Å²) in [5, 5.41) is 6.63. The summed E-state index contributed by atoms with van der Waals surface area (Å²) in [7, 11) is 0. The lowest BCUT2D eigenvalue weighted by molar-refractivity contribution is -0.137. The molecule has 1 amide bonds. The van der Waals surface area contributed by atoms with Crippen molar-refractivity contribution in [3.05, 3.63) is 101 Å². The lowest BCUT2D eigenvalue weighted by Crippen LogP contribution is -2.14. The van der Waals surface area contributed by atoms with E-state index in [2.05, 4.69) is 30.6 Å². The number of rotatable bonds is 5. The predicted molar refractivity (Wildman–Crippen MR) is 144 cm³/mol. The molecule has 0 fully saturated rings. The van der Waals surface area contributed by atoms with Crippen LogP contribution in [0, 0.1) is 20.8 Å². The van der Waals surface area contributed by atoms with Gasteiger partial charge in [-0.25, -0.2) is 9.97 Å². The van der Waals surface area contributed by atoms with Crippen molar-refractivity contribution in [2.45, 2.75) is 26.9 Å². The lowest BCUT2D eigenvalue weighted by atomic mass is 10.0. The lowest BCUT2D eigenvalue weighted by Gasteiger charge is -2.12. The highest BCUT2D eigenvalue weighted by Gasteiger charge is 2.30. The van der Waals surface area contributed by atoms with E-state index in [1.54, 1.807) is 24.5 Å². The summed E-state index contributed by atoms with van der Waals surface area (Å²) < 4.78 is 39.2. The van der Waals surface area contributed by atoms with Gasteiger partial charge in [0.15, 0.2) is 0 Å². The van der Waals surface area contributed by atoms with E-state index in [4.69, 9.17) is 0 Å². The van der Waals surface area contributed by atoms with Crippen LogP contribution >= 0.6 is 0 Å². The molecule has 196 valence electrons. The number of nitrogens with one attached hydrogen (secondary N) is 2. The third-order valence-corrected chi connectivity index (χ3v) is 6.16. The zero-order chi connectivity index (χ0) is 27.7. The van der Waals surface area contributed by atoms with Crippen molar-refractivity contribution in [1.29, 1.82) is 0 Å². The summed E-state index contributed by atoms with van der Waals surface area (Å²) in [6, 6.07) is 15.2. The van der Waals surface area contributed by atoms with Crippen LogP contribution in [0.15, 0.2) is 73.1 Å². The number of fused-ring (bicyclic) bond motifs is 1. The Labute approximate surface area is 222 Å². The van der Waals surface area contributed by atoms with E-state index in [9.17, 15) is 18.0 Å². The van der Waals surface area contributed by atoms with Crippen LogP contribution in [0.4, 0.5) is 30.5 Å². The molecule has 2 N–H and O–H groups in total. The van der Waals surface area contributed by atoms with Crippen molar-refractivity contribution < 1.29 is 18.0 Å². The molecule has 3 heterocycles. The van der Waals surface area contributed by atoms with Crippen LogP contribution in [0.25, 0.3) is 22.2 Å². The van der Waals surface area contributed by atoms with E-state index < -0.39 is 17.6 Å². The molecule has 7 nitrogen and oxygen atoms in total. The Balaban J connectivity index is 1.39. The van der Waals surface area contributed by atoms with E-state index in [-0.39, 0.29) is 5.56 Å². The van der Waals surface area contributed by atoms with E-state index in [0.717, 1.165) is 45.7 Å². The monoisotopic (exact) mass is 528 g/mol. The van der Waals surface area contributed by atoms with E-state index in [1.165, 1.54) is 12.1 Å². The highest BCUT2D eigenvalue weighted by molar-refractivity contribution is 6.04. The molecule has 0 saturated heterocycles. The molecule has 10 heteroatoms. The molecule has 3 aromatic heterocycles. The number of benzene rings is 2. The maximum atomic E-state index is 13.1. The van der Waals surface area contributed by atoms with Gasteiger partial charge in [-0.05, 0) is 74.9 Å². The standard InChI is InChI=1S/C29H23F3N6O/c1-16-7-9-22(36-27(39)19-5-4-6-21(11-19)29(30,31)32)13-23(16)25-12-20-14-34-28(38-26(20)15-33-25)37-24-10-8-17(2)35-18(24)3/h4-15H,1-3H3,(H,36,39)(H,34,37,38). The summed E-state index contributed by atoms with van der Waals surface area (Å²) in [5.41, 5.74) is 4.95. The number of amides is 1. The molecular weight excluding hydrogens is 505 g/mol. The van der Waals surface area contributed by atoms with Gasteiger partial charge in [-0.3, -0.25) is 14.8 Å². The van der Waals surface area contributed by atoms with Gasteiger partial charge in [0, 0.05) is 34.1 Å². The summed E-state index contributed by atoms with van der Waals surface area (Å²) >= 11 is 0. The van der Waals surface area contributed by atoms with Crippen molar-refractivity contribution in [3.63, 3.8) is 0 Å². The second-order valence-electron chi connectivity index (χ2n) is 9.09. The Morgan fingerprint density at radius 1 is 0.872 bits per heavy atom. The van der Waals surface area contributed by atoms with Crippen LogP contribution in [-0.2, 0) is 6.18 Å². The Morgan fingerprint density at radius 2 is 1.69 bits per heavy atom. The fourth-order valence-corrected chi connectivity index (χ4v) is 4.10. The number of aromatic nitrogens is 4. The zero-order valence-electron chi connectivity index (χ0n) is 21.3. The number of hydrogen-bond donors (Lipinski definition) is 2. The number of aryl methyl sites for hydroxylation is 3. The number of alkyl halides is 3. The Morgan fingerprint density at radius 3 is 2.46 bits per heavy atom. The van der Waals surface area contributed by atoms with E-state index >= 15 is 0 Å². The summed E-state index contributed by atoms with van der Waals surface area (Å²) in [6.45, 7) is 5.73. The molecule has 2 aromatic carbocycles. The summed E-state index contributed by atoms with van der Waals surface area (Å²) in [4.78, 5) is 30.7. The average molecular weight is 529 g/mol. The number of halogens is 3.